The van der Waals surface area contributed by atoms with Crippen LogP contribution in [0.15, 0.2) is 60.7 Å². The summed E-state index contributed by atoms with van der Waals surface area (Å²) in [5.41, 5.74) is 24.4. The first-order valence-electron chi connectivity index (χ1n) is 11.3. The lowest BCUT2D eigenvalue weighted by Gasteiger charge is -2.31. The minimum atomic E-state index is -2.28. The zero-order valence-electron chi connectivity index (χ0n) is 19.7. The molecule has 0 saturated carbocycles. The molecule has 4 unspecified atom stereocenters. The Bertz CT molecular complexity index is 1020. The Morgan fingerprint density at radius 2 is 1.14 bits per heavy atom. The smallest absolute Gasteiger partial charge is 0.334 e. The van der Waals surface area contributed by atoms with E-state index in [1.807, 2.05) is 0 Å². The van der Waals surface area contributed by atoms with Gasteiger partial charge in [0.05, 0.1) is 18.1 Å². The fraction of sp³-hybridized carbons (Fsp3) is 0.320. The number of aliphatic carboxylic acids is 1. The first kappa shape index (κ1) is 28.3. The van der Waals surface area contributed by atoms with Crippen molar-refractivity contribution in [3.63, 3.8) is 0 Å². The second kappa shape index (κ2) is 13.2. The molecule has 0 aliphatic heterocycles. The van der Waals surface area contributed by atoms with Crippen LogP contribution >= 0.6 is 0 Å². The summed E-state index contributed by atoms with van der Waals surface area (Å²) in [5.74, 6) is -5.85. The number of carboxylic acid groups (broad SMARTS) is 1. The predicted molar refractivity (Wildman–Crippen MR) is 131 cm³/mol. The molecule has 3 amide bonds. The van der Waals surface area contributed by atoms with E-state index >= 15 is 0 Å². The number of carboxylic acids is 1. The third-order valence-electron chi connectivity index (χ3n) is 5.53. The Hall–Kier alpha value is -3.93. The summed E-state index contributed by atoms with van der Waals surface area (Å²) < 4.78 is 0. The van der Waals surface area contributed by atoms with Crippen LogP contribution in [-0.4, -0.2) is 63.6 Å². The van der Waals surface area contributed by atoms with Gasteiger partial charge < -0.3 is 28.0 Å². The van der Waals surface area contributed by atoms with Gasteiger partial charge in [-0.15, -0.1) is 0 Å². The maximum absolute atomic E-state index is 13.4. The quantitative estimate of drug-likeness (QED) is 0.216. The van der Waals surface area contributed by atoms with Crippen LogP contribution in [0.5, 0.6) is 0 Å². The fourth-order valence-corrected chi connectivity index (χ4v) is 3.63. The zero-order valence-corrected chi connectivity index (χ0v) is 19.7. The normalized spacial score (nSPS) is 14.2. The van der Waals surface area contributed by atoms with Crippen molar-refractivity contribution in [3.8, 4) is 0 Å². The molecule has 0 spiro atoms. The molecular weight excluding hydrogens is 466 g/mol. The average molecular weight is 498 g/mol. The minimum absolute atomic E-state index is 0.0222. The predicted octanol–water partition coefficient (Wildman–Crippen LogP) is -0.903. The number of benzene rings is 2. The molecule has 0 aliphatic rings. The van der Waals surface area contributed by atoms with Gasteiger partial charge in [0.25, 0.3) is 0 Å². The van der Waals surface area contributed by atoms with Crippen molar-refractivity contribution in [3.05, 3.63) is 71.8 Å². The van der Waals surface area contributed by atoms with E-state index in [9.17, 15) is 29.1 Å². The van der Waals surface area contributed by atoms with Gasteiger partial charge in [-0.1, -0.05) is 60.7 Å². The van der Waals surface area contributed by atoms with E-state index in [1.54, 1.807) is 60.7 Å². The monoisotopic (exact) mass is 497 g/mol. The van der Waals surface area contributed by atoms with Gasteiger partial charge in [-0.05, 0) is 30.4 Å². The van der Waals surface area contributed by atoms with E-state index in [0.29, 0.717) is 16.0 Å². The number of Topliss-reactive ketones (excluding diaryl/α,β-unsaturated/α-hetero) is 1. The van der Waals surface area contributed by atoms with Gasteiger partial charge in [-0.3, -0.25) is 24.1 Å². The number of imide groups is 1. The Labute approximate surface area is 208 Å². The van der Waals surface area contributed by atoms with Crippen molar-refractivity contribution >= 4 is 29.5 Å². The Kier molecular flexibility index (Phi) is 10.4. The average Bonchev–Trinajstić information content (AvgIpc) is 2.85. The molecule has 0 fully saturated rings. The van der Waals surface area contributed by atoms with Crippen molar-refractivity contribution in [2.45, 2.75) is 49.9 Å². The van der Waals surface area contributed by atoms with Crippen LogP contribution in [0.4, 0.5) is 0 Å². The number of nitrogens with two attached hydrogens (primary N) is 4. The van der Waals surface area contributed by atoms with Crippen LogP contribution in [0.1, 0.15) is 24.0 Å². The number of primary amides is 1. The summed E-state index contributed by atoms with van der Waals surface area (Å²) >= 11 is 0. The summed E-state index contributed by atoms with van der Waals surface area (Å²) in [7, 11) is 0. The summed E-state index contributed by atoms with van der Waals surface area (Å²) in [6.07, 6.45) is -0.597. The Morgan fingerprint density at radius 3 is 1.50 bits per heavy atom. The molecule has 11 heteroatoms. The number of amides is 3. The van der Waals surface area contributed by atoms with Crippen molar-refractivity contribution < 1.29 is 29.1 Å². The van der Waals surface area contributed by atoms with Crippen LogP contribution in [-0.2, 0) is 36.8 Å². The van der Waals surface area contributed by atoms with Gasteiger partial charge in [-0.25, -0.2) is 4.79 Å². The molecule has 0 aromatic heterocycles. The van der Waals surface area contributed by atoms with Crippen LogP contribution < -0.4 is 22.9 Å². The molecule has 2 aromatic rings. The highest BCUT2D eigenvalue weighted by Crippen LogP contribution is 2.15. The number of rotatable bonds is 13. The zero-order chi connectivity index (χ0) is 26.8. The summed E-state index contributed by atoms with van der Waals surface area (Å²) in [6.45, 7) is 0. The SMILES string of the molecule is NC(=O)CCC(N)C(=O)C(C(=O)O)N(C(=O)C(N)Cc1ccccc1)C(=O)C(N)Cc1ccccc1. The highest BCUT2D eigenvalue weighted by molar-refractivity contribution is 6.13. The van der Waals surface area contributed by atoms with Gasteiger partial charge >= 0.3 is 5.97 Å². The van der Waals surface area contributed by atoms with Gasteiger partial charge in [0.1, 0.15) is 0 Å². The van der Waals surface area contributed by atoms with Crippen molar-refractivity contribution in [1.82, 2.24) is 4.90 Å². The minimum Gasteiger partial charge on any atom is -0.479 e. The standard InChI is InChI=1S/C25H31N5O6/c26-17(11-12-20(29)31)22(32)21(25(35)36)30(23(33)18(27)13-15-7-3-1-4-8-15)24(34)19(28)14-16-9-5-2-6-10-16/h1-10,17-19,21H,11-14,26-28H2,(H2,29,31)(H,35,36). The Balaban J connectivity index is 2.40. The molecule has 36 heavy (non-hydrogen) atoms. The third kappa shape index (κ3) is 7.80. The third-order valence-corrected chi connectivity index (χ3v) is 5.53. The molecule has 0 heterocycles. The molecule has 0 bridgehead atoms. The molecule has 9 N–H and O–H groups in total. The maximum Gasteiger partial charge on any atom is 0.334 e. The van der Waals surface area contributed by atoms with Gasteiger partial charge in [-0.2, -0.15) is 0 Å². The molecule has 2 aromatic carbocycles. The van der Waals surface area contributed by atoms with E-state index in [2.05, 4.69) is 0 Å². The van der Waals surface area contributed by atoms with Crippen molar-refractivity contribution in [2.24, 2.45) is 22.9 Å². The van der Waals surface area contributed by atoms with Crippen molar-refractivity contribution in [2.75, 3.05) is 0 Å². The number of ketones is 1. The molecule has 0 aliphatic carbocycles. The molecule has 11 nitrogen and oxygen atoms in total. The van der Waals surface area contributed by atoms with E-state index in [0.717, 1.165) is 0 Å². The lowest BCUT2D eigenvalue weighted by molar-refractivity contribution is -0.163. The van der Waals surface area contributed by atoms with Crippen LogP contribution in [0.3, 0.4) is 0 Å². The maximum atomic E-state index is 13.4. The highest BCUT2D eigenvalue weighted by Gasteiger charge is 2.44. The number of nitrogens with zero attached hydrogens (tertiary/aromatic N) is 1. The van der Waals surface area contributed by atoms with E-state index < -0.39 is 53.6 Å². The number of carbonyl (C=O) groups is 5. The van der Waals surface area contributed by atoms with E-state index in [4.69, 9.17) is 22.9 Å². The lowest BCUT2D eigenvalue weighted by atomic mass is 9.96. The fourth-order valence-electron chi connectivity index (χ4n) is 3.63. The highest BCUT2D eigenvalue weighted by atomic mass is 16.4. The molecule has 2 rings (SSSR count). The van der Waals surface area contributed by atoms with Crippen LogP contribution in [0.2, 0.25) is 0 Å². The second-order valence-electron chi connectivity index (χ2n) is 8.39. The molecule has 0 saturated heterocycles. The number of hydrogen-bond acceptors (Lipinski definition) is 8. The topological polar surface area (TPSA) is 213 Å². The summed E-state index contributed by atoms with van der Waals surface area (Å²) in [5, 5.41) is 9.89. The largest absolute Gasteiger partial charge is 0.479 e. The number of carbonyl (C=O) groups excluding carboxylic acids is 4. The van der Waals surface area contributed by atoms with Crippen LogP contribution in [0.25, 0.3) is 0 Å². The first-order valence-corrected chi connectivity index (χ1v) is 11.3. The molecule has 4 atom stereocenters. The lowest BCUT2D eigenvalue weighted by Crippen LogP contribution is -2.63. The van der Waals surface area contributed by atoms with Gasteiger partial charge in [0, 0.05) is 6.42 Å². The van der Waals surface area contributed by atoms with Crippen molar-refractivity contribution in [1.29, 1.82) is 0 Å². The first-order chi connectivity index (χ1) is 17.0. The Morgan fingerprint density at radius 1 is 0.722 bits per heavy atom. The summed E-state index contributed by atoms with van der Waals surface area (Å²) in [4.78, 5) is 63.4. The molecular formula is C25H31N5O6. The van der Waals surface area contributed by atoms with E-state index in [1.165, 1.54) is 0 Å². The molecule has 0 radical (unpaired) electrons. The van der Waals surface area contributed by atoms with Gasteiger partial charge in [0.15, 0.2) is 11.8 Å². The van der Waals surface area contributed by atoms with Gasteiger partial charge in [0.2, 0.25) is 17.7 Å². The van der Waals surface area contributed by atoms with Crippen LogP contribution in [0, 0.1) is 0 Å². The summed E-state index contributed by atoms with van der Waals surface area (Å²) in [6, 6.07) is 10.8. The van der Waals surface area contributed by atoms with E-state index in [-0.39, 0.29) is 25.7 Å². The second-order valence-corrected chi connectivity index (χ2v) is 8.39. The molecule has 192 valence electrons. The number of hydrogen-bond donors (Lipinski definition) is 5.